The molecule has 1 unspecified atom stereocenters. The fourth-order valence-electron chi connectivity index (χ4n) is 3.80. The number of nitrogens with zero attached hydrogens (tertiary/aromatic N) is 3. The van der Waals surface area contributed by atoms with Gasteiger partial charge in [-0.25, -0.2) is 18.1 Å². The van der Waals surface area contributed by atoms with Crippen LogP contribution in [0, 0.1) is 5.92 Å². The second-order valence-corrected chi connectivity index (χ2v) is 10.7. The highest BCUT2D eigenvalue weighted by Gasteiger charge is 2.33. The fraction of sp³-hybridized carbons (Fsp3) is 0.240. The van der Waals surface area contributed by atoms with Gasteiger partial charge in [-0.15, -0.1) is 6.58 Å². The van der Waals surface area contributed by atoms with Gasteiger partial charge in [0.2, 0.25) is 11.8 Å². The van der Waals surface area contributed by atoms with Crippen LogP contribution < -0.4 is 9.62 Å². The van der Waals surface area contributed by atoms with Crippen LogP contribution in [0.3, 0.4) is 0 Å². The van der Waals surface area contributed by atoms with E-state index in [1.54, 1.807) is 40.5 Å². The Morgan fingerprint density at radius 1 is 1.06 bits per heavy atom. The fourth-order valence-corrected chi connectivity index (χ4v) is 5.64. The number of aromatic nitrogens is 1. The molecule has 182 valence electrons. The summed E-state index contributed by atoms with van der Waals surface area (Å²) in [7, 11) is -4.06. The minimum atomic E-state index is -4.06. The molecule has 2 aromatic carbocycles. The van der Waals surface area contributed by atoms with Crippen LogP contribution in [0.1, 0.15) is 12.0 Å². The number of amides is 2. The first-order chi connectivity index (χ1) is 16.9. The topological polar surface area (TPSA) is 99.7 Å². The van der Waals surface area contributed by atoms with Gasteiger partial charge in [-0.1, -0.05) is 59.9 Å². The second kappa shape index (κ2) is 10.8. The molecule has 4 rings (SSSR count). The van der Waals surface area contributed by atoms with Gasteiger partial charge < -0.3 is 9.80 Å². The lowest BCUT2D eigenvalue weighted by atomic mass is 10.0. The number of para-hydroxylation sites is 1. The summed E-state index contributed by atoms with van der Waals surface area (Å²) in [4.78, 5) is 34.3. The van der Waals surface area contributed by atoms with Crippen molar-refractivity contribution >= 4 is 54.6 Å². The molecule has 0 bridgehead atoms. The van der Waals surface area contributed by atoms with Gasteiger partial charge in [0.1, 0.15) is 5.92 Å². The van der Waals surface area contributed by atoms with E-state index >= 15 is 0 Å². The van der Waals surface area contributed by atoms with E-state index < -0.39 is 27.8 Å². The van der Waals surface area contributed by atoms with Crippen LogP contribution in [0.5, 0.6) is 0 Å². The number of fused-ring (bicyclic) bond motifs is 1. The van der Waals surface area contributed by atoms with Gasteiger partial charge in [0, 0.05) is 26.2 Å². The molecule has 10 heteroatoms. The van der Waals surface area contributed by atoms with Crippen LogP contribution in [-0.4, -0.2) is 56.3 Å². The van der Waals surface area contributed by atoms with Crippen LogP contribution in [0.25, 0.3) is 16.3 Å². The largest absolute Gasteiger partial charge is 0.345 e. The van der Waals surface area contributed by atoms with Crippen molar-refractivity contribution in [2.24, 2.45) is 5.92 Å². The van der Waals surface area contributed by atoms with E-state index in [1.165, 1.54) is 12.2 Å². The number of carbonyl (C=O) groups excluding carboxylic acids is 2. The predicted octanol–water partition coefficient (Wildman–Crippen LogP) is 3.25. The van der Waals surface area contributed by atoms with Gasteiger partial charge in [-0.05, 0) is 30.2 Å². The maximum absolute atomic E-state index is 13.2. The third-order valence-electron chi connectivity index (χ3n) is 5.64. The summed E-state index contributed by atoms with van der Waals surface area (Å²) in [6.07, 6.45) is 2.88. The van der Waals surface area contributed by atoms with E-state index in [1.807, 2.05) is 35.1 Å². The number of carbonyl (C=O) groups is 2. The van der Waals surface area contributed by atoms with Crippen molar-refractivity contribution in [3.8, 4) is 0 Å². The number of rotatable bonds is 8. The molecule has 1 N–H and O–H groups in total. The molecule has 2 amide bonds. The van der Waals surface area contributed by atoms with E-state index in [0.29, 0.717) is 31.7 Å². The number of thiazole rings is 1. The molecule has 2 heterocycles. The average Bonchev–Trinajstić information content (AvgIpc) is 3.30. The molecular formula is C25H26N4O4S2. The number of hydrogen-bond donors (Lipinski definition) is 1. The summed E-state index contributed by atoms with van der Waals surface area (Å²) >= 11 is 1.60. The lowest BCUT2D eigenvalue weighted by Gasteiger charge is -2.36. The smallest absolute Gasteiger partial charge is 0.257 e. The lowest BCUT2D eigenvalue weighted by Crippen LogP contribution is -2.52. The highest BCUT2D eigenvalue weighted by atomic mass is 32.2. The Labute approximate surface area is 208 Å². The lowest BCUT2D eigenvalue weighted by molar-refractivity contribution is -0.141. The zero-order chi connectivity index (χ0) is 24.8. The van der Waals surface area contributed by atoms with Crippen molar-refractivity contribution in [1.29, 1.82) is 0 Å². The summed E-state index contributed by atoms with van der Waals surface area (Å²) in [6, 6.07) is 16.8. The first-order valence-electron chi connectivity index (χ1n) is 11.2. The molecule has 8 nitrogen and oxygen atoms in total. The van der Waals surface area contributed by atoms with Crippen LogP contribution in [0.4, 0.5) is 5.13 Å². The normalized spacial score (nSPS) is 15.3. The van der Waals surface area contributed by atoms with Crippen molar-refractivity contribution in [2.45, 2.75) is 6.42 Å². The third kappa shape index (κ3) is 6.14. The summed E-state index contributed by atoms with van der Waals surface area (Å²) in [5.74, 6) is -2.43. The molecule has 1 aliphatic rings. The Morgan fingerprint density at radius 3 is 2.43 bits per heavy atom. The standard InChI is InChI=1S/C25H26N4O4S2/c1-2-8-20(23(30)27-35(32,33)18-13-19-9-4-3-5-10-19)24(31)28-14-16-29(17-15-28)25-26-21-11-6-7-12-22(21)34-25/h2-7,9-13,18,20H,1,8,14-17H2,(H,27,30). The summed E-state index contributed by atoms with van der Waals surface area (Å²) < 4.78 is 27.9. The molecule has 1 atom stereocenters. The molecule has 1 aromatic heterocycles. The Kier molecular flexibility index (Phi) is 7.62. The van der Waals surface area contributed by atoms with Crippen LogP contribution in [0.15, 0.2) is 72.7 Å². The molecule has 0 spiro atoms. The zero-order valence-corrected chi connectivity index (χ0v) is 20.7. The van der Waals surface area contributed by atoms with E-state index in [4.69, 9.17) is 0 Å². The number of allylic oxidation sites excluding steroid dienone is 1. The molecule has 1 saturated heterocycles. The van der Waals surface area contributed by atoms with E-state index in [0.717, 1.165) is 20.8 Å². The molecule has 0 radical (unpaired) electrons. The number of nitrogens with one attached hydrogen (secondary N) is 1. The van der Waals surface area contributed by atoms with Crippen molar-refractivity contribution in [1.82, 2.24) is 14.6 Å². The second-order valence-electron chi connectivity index (χ2n) is 8.08. The summed E-state index contributed by atoms with van der Waals surface area (Å²) in [5, 5.41) is 1.82. The van der Waals surface area contributed by atoms with Gasteiger partial charge in [-0.2, -0.15) is 0 Å². The van der Waals surface area contributed by atoms with Gasteiger partial charge >= 0.3 is 0 Å². The predicted molar refractivity (Wildman–Crippen MR) is 139 cm³/mol. The average molecular weight is 511 g/mol. The zero-order valence-electron chi connectivity index (χ0n) is 19.0. The monoisotopic (exact) mass is 510 g/mol. The molecule has 0 saturated carbocycles. The molecule has 0 aliphatic carbocycles. The van der Waals surface area contributed by atoms with Gasteiger partial charge in [0.25, 0.3) is 10.0 Å². The number of sulfonamides is 1. The van der Waals surface area contributed by atoms with Crippen molar-refractivity contribution in [2.75, 3.05) is 31.1 Å². The maximum atomic E-state index is 13.2. The van der Waals surface area contributed by atoms with Crippen LogP contribution in [-0.2, 0) is 19.6 Å². The van der Waals surface area contributed by atoms with E-state index in [2.05, 4.69) is 16.5 Å². The number of piperazine rings is 1. The summed E-state index contributed by atoms with van der Waals surface area (Å²) in [6.45, 7) is 5.60. The molecular weight excluding hydrogens is 484 g/mol. The minimum absolute atomic E-state index is 0.0423. The Morgan fingerprint density at radius 2 is 1.74 bits per heavy atom. The first-order valence-corrected chi connectivity index (χ1v) is 13.5. The quantitative estimate of drug-likeness (QED) is 0.369. The van der Waals surface area contributed by atoms with Crippen molar-refractivity contribution < 1.29 is 18.0 Å². The van der Waals surface area contributed by atoms with E-state index in [-0.39, 0.29) is 6.42 Å². The number of anilines is 1. The Hall–Kier alpha value is -3.50. The van der Waals surface area contributed by atoms with Crippen molar-refractivity contribution in [3.63, 3.8) is 0 Å². The van der Waals surface area contributed by atoms with Crippen molar-refractivity contribution in [3.05, 3.63) is 78.2 Å². The Balaban J connectivity index is 1.38. The van der Waals surface area contributed by atoms with Gasteiger partial charge in [-0.3, -0.25) is 9.59 Å². The first kappa shape index (κ1) is 24.6. The van der Waals surface area contributed by atoms with Gasteiger partial charge in [0.15, 0.2) is 5.13 Å². The summed E-state index contributed by atoms with van der Waals surface area (Å²) in [5.41, 5.74) is 1.62. The Bertz CT molecular complexity index is 1310. The van der Waals surface area contributed by atoms with Gasteiger partial charge in [0.05, 0.1) is 15.6 Å². The maximum Gasteiger partial charge on any atom is 0.257 e. The molecule has 1 fully saturated rings. The number of benzene rings is 2. The highest BCUT2D eigenvalue weighted by Crippen LogP contribution is 2.29. The van der Waals surface area contributed by atoms with E-state index in [9.17, 15) is 18.0 Å². The number of hydrogen-bond acceptors (Lipinski definition) is 7. The molecule has 3 aromatic rings. The third-order valence-corrected chi connectivity index (χ3v) is 7.72. The van der Waals surface area contributed by atoms with Crippen LogP contribution >= 0.6 is 11.3 Å². The molecule has 1 aliphatic heterocycles. The SMILES string of the molecule is C=CCC(C(=O)NS(=O)(=O)C=Cc1ccccc1)C(=O)N1CCN(c2nc3ccccc3s2)CC1. The minimum Gasteiger partial charge on any atom is -0.345 e. The van der Waals surface area contributed by atoms with Crippen LogP contribution in [0.2, 0.25) is 0 Å². The molecule has 35 heavy (non-hydrogen) atoms. The highest BCUT2D eigenvalue weighted by molar-refractivity contribution is 7.93.